The van der Waals surface area contributed by atoms with Gasteiger partial charge in [0.1, 0.15) is 12.3 Å². The summed E-state index contributed by atoms with van der Waals surface area (Å²) in [5.41, 5.74) is 2.42. The van der Waals surface area contributed by atoms with E-state index in [1.165, 1.54) is 22.8 Å². The van der Waals surface area contributed by atoms with E-state index in [0.717, 1.165) is 10.9 Å². The minimum Gasteiger partial charge on any atom is -0.444 e. The highest BCUT2D eigenvalue weighted by atomic mass is 19.4. The van der Waals surface area contributed by atoms with Gasteiger partial charge in [0, 0.05) is 17.1 Å². The van der Waals surface area contributed by atoms with Crippen LogP contribution in [0.5, 0.6) is 0 Å². The third-order valence-corrected chi connectivity index (χ3v) is 4.71. The number of halogens is 3. The zero-order chi connectivity index (χ0) is 23.0. The van der Waals surface area contributed by atoms with Gasteiger partial charge in [0.05, 0.1) is 22.9 Å². The van der Waals surface area contributed by atoms with Crippen LogP contribution in [0.3, 0.4) is 0 Å². The van der Waals surface area contributed by atoms with E-state index in [9.17, 15) is 18.0 Å². The Hall–Kier alpha value is -4.48. The molecular weight excluding hydrogens is 441 g/mol. The van der Waals surface area contributed by atoms with Gasteiger partial charge in [-0.2, -0.15) is 23.3 Å². The van der Waals surface area contributed by atoms with Gasteiger partial charge in [0.2, 0.25) is 5.82 Å². The van der Waals surface area contributed by atoms with Crippen LogP contribution in [0, 0.1) is 0 Å². The van der Waals surface area contributed by atoms with Crippen molar-refractivity contribution in [2.75, 3.05) is 5.32 Å². The maximum Gasteiger partial charge on any atom is 0.471 e. The number of para-hydroxylation sites is 1. The Morgan fingerprint density at radius 2 is 2.00 bits per heavy atom. The lowest BCUT2D eigenvalue weighted by Crippen LogP contribution is -2.14. The molecule has 9 nitrogen and oxygen atoms in total. The van der Waals surface area contributed by atoms with Crippen molar-refractivity contribution in [1.29, 1.82) is 0 Å². The third kappa shape index (κ3) is 4.05. The number of aromatic nitrogens is 5. The van der Waals surface area contributed by atoms with Crippen molar-refractivity contribution >= 4 is 28.2 Å². The number of nitrogens with one attached hydrogen (secondary N) is 1. The lowest BCUT2D eigenvalue weighted by atomic mass is 10.2. The van der Waals surface area contributed by atoms with Gasteiger partial charge >= 0.3 is 18.2 Å². The molecule has 1 N–H and O–H groups in total. The number of amides is 1. The number of anilines is 1. The molecular formula is C21H13F3N6O3. The number of carbonyl (C=O) groups excluding carboxylic acids is 1. The average Bonchev–Trinajstić information content (AvgIpc) is 3.48. The van der Waals surface area contributed by atoms with Gasteiger partial charge in [-0.05, 0) is 30.3 Å². The number of carbonyl (C=O) groups is 1. The molecule has 5 rings (SSSR count). The van der Waals surface area contributed by atoms with E-state index < -0.39 is 18.2 Å². The fraction of sp³-hybridized carbons (Fsp3) is 0.0952. The van der Waals surface area contributed by atoms with Gasteiger partial charge < -0.3 is 9.26 Å². The molecule has 166 valence electrons. The number of ether oxygens (including phenoxy) is 1. The van der Waals surface area contributed by atoms with Crippen LogP contribution in [-0.4, -0.2) is 30.8 Å². The zero-order valence-electron chi connectivity index (χ0n) is 16.6. The highest BCUT2D eigenvalue weighted by Gasteiger charge is 2.38. The Labute approximate surface area is 182 Å². The number of alkyl halides is 3. The van der Waals surface area contributed by atoms with Crippen molar-refractivity contribution in [2.24, 2.45) is 0 Å². The van der Waals surface area contributed by atoms with Crippen LogP contribution in [0.4, 0.5) is 23.7 Å². The monoisotopic (exact) mass is 454 g/mol. The fourth-order valence-corrected chi connectivity index (χ4v) is 3.23. The molecule has 4 aromatic heterocycles. The van der Waals surface area contributed by atoms with E-state index in [1.54, 1.807) is 12.3 Å². The van der Waals surface area contributed by atoms with E-state index in [2.05, 4.69) is 30.1 Å². The van der Waals surface area contributed by atoms with Gasteiger partial charge in [-0.3, -0.25) is 10.3 Å². The average molecular weight is 454 g/mol. The van der Waals surface area contributed by atoms with E-state index in [1.807, 2.05) is 30.3 Å². The summed E-state index contributed by atoms with van der Waals surface area (Å²) in [5.74, 6) is -1.76. The molecule has 0 fully saturated rings. The van der Waals surface area contributed by atoms with Crippen LogP contribution < -0.4 is 5.32 Å². The van der Waals surface area contributed by atoms with E-state index in [0.29, 0.717) is 16.8 Å². The number of hydrogen-bond acceptors (Lipinski definition) is 7. The molecule has 0 saturated carbocycles. The predicted molar refractivity (Wildman–Crippen MR) is 109 cm³/mol. The van der Waals surface area contributed by atoms with Gasteiger partial charge in [-0.25, -0.2) is 9.31 Å². The van der Waals surface area contributed by atoms with Crippen LogP contribution in [0.2, 0.25) is 0 Å². The molecule has 0 aliphatic heterocycles. The Kier molecular flexibility index (Phi) is 4.89. The molecule has 4 heterocycles. The van der Waals surface area contributed by atoms with Crippen LogP contribution in [0.15, 0.2) is 65.4 Å². The fourth-order valence-electron chi connectivity index (χ4n) is 3.23. The molecule has 0 atom stereocenters. The first-order chi connectivity index (χ1) is 15.9. The smallest absolute Gasteiger partial charge is 0.444 e. The van der Waals surface area contributed by atoms with Crippen LogP contribution in [0.25, 0.3) is 27.9 Å². The number of pyridine rings is 2. The second-order valence-electron chi connectivity index (χ2n) is 6.92. The topological polar surface area (TPSA) is 107 Å². The number of fused-ring (bicyclic) bond motifs is 2. The molecule has 0 aliphatic carbocycles. The molecule has 12 heteroatoms. The second kappa shape index (κ2) is 7.89. The number of benzene rings is 1. The summed E-state index contributed by atoms with van der Waals surface area (Å²) in [7, 11) is 0. The number of nitrogens with zero attached hydrogens (tertiary/aromatic N) is 5. The molecule has 0 aliphatic rings. The highest BCUT2D eigenvalue weighted by molar-refractivity contribution is 5.91. The maximum atomic E-state index is 12.8. The summed E-state index contributed by atoms with van der Waals surface area (Å²) in [4.78, 5) is 20.0. The van der Waals surface area contributed by atoms with Crippen molar-refractivity contribution in [3.63, 3.8) is 0 Å². The Morgan fingerprint density at radius 1 is 1.15 bits per heavy atom. The van der Waals surface area contributed by atoms with Gasteiger partial charge in [-0.15, -0.1) is 0 Å². The van der Waals surface area contributed by atoms with Crippen LogP contribution in [0.1, 0.15) is 11.5 Å². The minimum atomic E-state index is -4.76. The van der Waals surface area contributed by atoms with Gasteiger partial charge in [0.15, 0.2) is 0 Å². The molecule has 0 unspecified atom stereocenters. The molecule has 0 spiro atoms. The molecule has 33 heavy (non-hydrogen) atoms. The summed E-state index contributed by atoms with van der Waals surface area (Å²) in [6, 6.07) is 13.9. The lowest BCUT2D eigenvalue weighted by Gasteiger charge is -2.10. The van der Waals surface area contributed by atoms with E-state index >= 15 is 0 Å². The van der Waals surface area contributed by atoms with Crippen molar-refractivity contribution in [3.8, 4) is 11.5 Å². The lowest BCUT2D eigenvalue weighted by molar-refractivity contribution is -0.159. The largest absolute Gasteiger partial charge is 0.471 e. The second-order valence-corrected chi connectivity index (χ2v) is 6.92. The summed E-state index contributed by atoms with van der Waals surface area (Å²) < 4.78 is 49.1. The Bertz CT molecular complexity index is 1480. The minimum absolute atomic E-state index is 0.000374. The van der Waals surface area contributed by atoms with Crippen molar-refractivity contribution in [3.05, 3.63) is 72.4 Å². The summed E-state index contributed by atoms with van der Waals surface area (Å²) in [6.07, 6.45) is -2.45. The van der Waals surface area contributed by atoms with Crippen molar-refractivity contribution < 1.29 is 27.2 Å². The standard InChI is InChI=1S/C21H13F3N6O3/c22-21(23,24)19-28-18(29-33-19)17-6-5-15(16-7-8-26-30(16)17)27-20(31)32-11-12-9-13-3-1-2-4-14(13)25-10-12/h1-10H,11H2,(H,27,31). The van der Waals surface area contributed by atoms with Crippen molar-refractivity contribution in [1.82, 2.24) is 24.7 Å². The van der Waals surface area contributed by atoms with Crippen LogP contribution >= 0.6 is 0 Å². The number of hydrogen-bond donors (Lipinski definition) is 1. The first-order valence-electron chi connectivity index (χ1n) is 9.54. The van der Waals surface area contributed by atoms with E-state index in [4.69, 9.17) is 4.74 Å². The zero-order valence-corrected chi connectivity index (χ0v) is 16.6. The normalized spacial score (nSPS) is 11.7. The van der Waals surface area contributed by atoms with Gasteiger partial charge in [-0.1, -0.05) is 23.4 Å². The first-order valence-corrected chi connectivity index (χ1v) is 9.54. The highest BCUT2D eigenvalue weighted by Crippen LogP contribution is 2.30. The summed E-state index contributed by atoms with van der Waals surface area (Å²) in [6.45, 7) is 0.000374. The van der Waals surface area contributed by atoms with Gasteiger partial charge in [0.25, 0.3) is 0 Å². The third-order valence-electron chi connectivity index (χ3n) is 4.71. The summed E-state index contributed by atoms with van der Waals surface area (Å²) >= 11 is 0. The molecule has 1 aromatic carbocycles. The summed E-state index contributed by atoms with van der Waals surface area (Å²) in [5, 5.41) is 11.0. The predicted octanol–water partition coefficient (Wildman–Crippen LogP) is 4.70. The molecule has 0 bridgehead atoms. The number of rotatable bonds is 4. The van der Waals surface area contributed by atoms with E-state index in [-0.39, 0.29) is 18.1 Å². The maximum absolute atomic E-state index is 12.8. The molecule has 0 radical (unpaired) electrons. The quantitative estimate of drug-likeness (QED) is 0.419. The van der Waals surface area contributed by atoms with Crippen molar-refractivity contribution in [2.45, 2.75) is 12.8 Å². The first kappa shape index (κ1) is 20.4. The molecule has 5 aromatic rings. The Balaban J connectivity index is 1.33. The van der Waals surface area contributed by atoms with Crippen LogP contribution in [-0.2, 0) is 17.5 Å². The SMILES string of the molecule is O=C(Nc1ccc(-c2noc(C(F)(F)F)n2)n2nccc12)OCc1cnc2ccccc2c1. The molecule has 1 amide bonds. The Morgan fingerprint density at radius 3 is 2.82 bits per heavy atom. The molecule has 0 saturated heterocycles.